The molecule has 0 N–H and O–H groups in total. The smallest absolute Gasteiger partial charge is 0.299 e. The molecule has 1 saturated heterocycles. The standard InChI is InChI=1S/C19H20Cl3N5O4S/c1-9(2)7-26-17-12(15(28)24(3)19(26)30)11(16(29)27-5-4-6-31-27)10(32-17)8-25-14(21)13(20)23-18(25)22/h9H,4-8H2,1-3H3. The zero-order valence-corrected chi connectivity index (χ0v) is 20.6. The Kier molecular flexibility index (Phi) is 6.43. The Labute approximate surface area is 201 Å². The predicted octanol–water partition coefficient (Wildman–Crippen LogP) is 3.40. The maximum absolute atomic E-state index is 13.4. The number of carbonyl (C=O) groups is 1. The summed E-state index contributed by atoms with van der Waals surface area (Å²) >= 11 is 19.6. The van der Waals surface area contributed by atoms with Crippen molar-refractivity contribution in [2.75, 3.05) is 13.2 Å². The fourth-order valence-electron chi connectivity index (χ4n) is 3.63. The van der Waals surface area contributed by atoms with Gasteiger partial charge in [-0.1, -0.05) is 37.0 Å². The second-order valence-corrected chi connectivity index (χ2v) is 10.0. The van der Waals surface area contributed by atoms with Crippen molar-refractivity contribution in [3.8, 4) is 0 Å². The van der Waals surface area contributed by atoms with E-state index in [1.54, 1.807) is 0 Å². The largest absolute Gasteiger partial charge is 0.331 e. The van der Waals surface area contributed by atoms with Crippen LogP contribution in [0, 0.1) is 5.92 Å². The minimum absolute atomic E-state index is 0.0289. The van der Waals surface area contributed by atoms with Crippen molar-refractivity contribution in [1.82, 2.24) is 23.7 Å². The lowest BCUT2D eigenvalue weighted by molar-refractivity contribution is -0.0767. The lowest BCUT2D eigenvalue weighted by atomic mass is 10.1. The van der Waals surface area contributed by atoms with Gasteiger partial charge in [-0.2, -0.15) is 0 Å². The lowest BCUT2D eigenvalue weighted by Crippen LogP contribution is -2.39. The number of imidazole rings is 1. The zero-order chi connectivity index (χ0) is 23.3. The van der Waals surface area contributed by atoms with Gasteiger partial charge in [0.25, 0.3) is 11.5 Å². The molecule has 0 saturated carbocycles. The Morgan fingerprint density at radius 3 is 2.50 bits per heavy atom. The van der Waals surface area contributed by atoms with Crippen molar-refractivity contribution in [1.29, 1.82) is 0 Å². The van der Waals surface area contributed by atoms with Crippen LogP contribution in [0.15, 0.2) is 9.59 Å². The molecule has 3 aromatic heterocycles. The molecule has 1 fully saturated rings. The van der Waals surface area contributed by atoms with Crippen molar-refractivity contribution >= 4 is 62.3 Å². The van der Waals surface area contributed by atoms with E-state index in [0.717, 1.165) is 4.57 Å². The van der Waals surface area contributed by atoms with Gasteiger partial charge in [0.2, 0.25) is 5.28 Å². The summed E-state index contributed by atoms with van der Waals surface area (Å²) < 4.78 is 3.99. The van der Waals surface area contributed by atoms with Gasteiger partial charge < -0.3 is 0 Å². The summed E-state index contributed by atoms with van der Waals surface area (Å²) in [7, 11) is 1.41. The average Bonchev–Trinajstić information content (AvgIpc) is 3.45. The Bertz CT molecular complexity index is 1330. The van der Waals surface area contributed by atoms with E-state index >= 15 is 0 Å². The molecule has 1 aliphatic heterocycles. The first kappa shape index (κ1) is 23.3. The number of fused-ring (bicyclic) bond motifs is 1. The second-order valence-electron chi connectivity index (χ2n) is 7.87. The van der Waals surface area contributed by atoms with E-state index in [1.807, 2.05) is 13.8 Å². The molecule has 9 nitrogen and oxygen atoms in total. The summed E-state index contributed by atoms with van der Waals surface area (Å²) in [5.41, 5.74) is -0.819. The van der Waals surface area contributed by atoms with E-state index in [-0.39, 0.29) is 39.0 Å². The minimum atomic E-state index is -0.545. The molecule has 4 heterocycles. The molecule has 0 aliphatic carbocycles. The number of halogens is 3. The Morgan fingerprint density at radius 1 is 1.22 bits per heavy atom. The summed E-state index contributed by atoms with van der Waals surface area (Å²) in [6.45, 7) is 5.18. The molecule has 1 amide bonds. The third-order valence-corrected chi connectivity index (χ3v) is 7.34. The van der Waals surface area contributed by atoms with E-state index in [2.05, 4.69) is 4.98 Å². The molecule has 0 aromatic carbocycles. The van der Waals surface area contributed by atoms with E-state index < -0.39 is 17.2 Å². The Balaban J connectivity index is 2.02. The van der Waals surface area contributed by atoms with Gasteiger partial charge in [0, 0.05) is 18.5 Å². The molecule has 3 aromatic rings. The molecule has 32 heavy (non-hydrogen) atoms. The third-order valence-electron chi connectivity index (χ3n) is 5.11. The summed E-state index contributed by atoms with van der Waals surface area (Å²) in [5.74, 6) is -0.314. The number of hydroxylamine groups is 2. The number of thiophene rings is 1. The summed E-state index contributed by atoms with van der Waals surface area (Å²) in [6, 6.07) is 0. The zero-order valence-electron chi connectivity index (χ0n) is 17.5. The first-order valence-electron chi connectivity index (χ1n) is 9.88. The third kappa shape index (κ3) is 3.88. The van der Waals surface area contributed by atoms with Crippen LogP contribution in [0.3, 0.4) is 0 Å². The highest BCUT2D eigenvalue weighted by atomic mass is 35.5. The van der Waals surface area contributed by atoms with E-state index in [1.165, 1.54) is 32.6 Å². The van der Waals surface area contributed by atoms with Crippen molar-refractivity contribution in [2.45, 2.75) is 33.4 Å². The van der Waals surface area contributed by atoms with E-state index in [0.29, 0.717) is 35.8 Å². The number of amides is 1. The van der Waals surface area contributed by atoms with Crippen LogP contribution in [-0.4, -0.2) is 42.8 Å². The molecule has 172 valence electrons. The topological polar surface area (TPSA) is 91.4 Å². The summed E-state index contributed by atoms with van der Waals surface area (Å²) in [5, 5.41) is 1.60. The van der Waals surface area contributed by atoms with Crippen molar-refractivity contribution in [3.63, 3.8) is 0 Å². The molecule has 13 heteroatoms. The fraction of sp³-hybridized carbons (Fsp3) is 0.474. The van der Waals surface area contributed by atoms with Gasteiger partial charge in [0.1, 0.15) is 9.98 Å². The van der Waals surface area contributed by atoms with Gasteiger partial charge in [-0.05, 0) is 23.9 Å². The van der Waals surface area contributed by atoms with Crippen LogP contribution in [0.25, 0.3) is 10.2 Å². The molecule has 0 radical (unpaired) electrons. The van der Waals surface area contributed by atoms with Crippen LogP contribution in [0.4, 0.5) is 0 Å². The average molecular weight is 521 g/mol. The highest BCUT2D eigenvalue weighted by molar-refractivity contribution is 7.19. The Morgan fingerprint density at radius 2 is 1.94 bits per heavy atom. The molecular formula is C19H20Cl3N5O4S. The van der Waals surface area contributed by atoms with Gasteiger partial charge in [-0.3, -0.25) is 28.1 Å². The number of hydrogen-bond acceptors (Lipinski definition) is 6. The van der Waals surface area contributed by atoms with Crippen LogP contribution in [0.2, 0.25) is 15.6 Å². The van der Waals surface area contributed by atoms with Crippen LogP contribution >= 0.6 is 46.1 Å². The summed E-state index contributed by atoms with van der Waals surface area (Å²) in [4.78, 5) is 49.8. The molecule has 0 atom stereocenters. The molecule has 0 unspecified atom stereocenters. The molecule has 0 bridgehead atoms. The number of rotatable bonds is 5. The first-order chi connectivity index (χ1) is 15.1. The maximum Gasteiger partial charge on any atom is 0.331 e. The SMILES string of the molecule is CC(C)Cn1c(=O)n(C)c(=O)c2c(C(=O)N3CCCO3)c(Cn3c(Cl)nc(Cl)c3Cl)sc21. The molecule has 0 spiro atoms. The predicted molar refractivity (Wildman–Crippen MR) is 124 cm³/mol. The van der Waals surface area contributed by atoms with E-state index in [9.17, 15) is 14.4 Å². The van der Waals surface area contributed by atoms with Crippen LogP contribution in [-0.2, 0) is 25.0 Å². The molecular weight excluding hydrogens is 501 g/mol. The van der Waals surface area contributed by atoms with Crippen LogP contribution < -0.4 is 11.2 Å². The number of hydrogen-bond donors (Lipinski definition) is 0. The minimum Gasteiger partial charge on any atom is -0.299 e. The highest BCUT2D eigenvalue weighted by Crippen LogP contribution is 2.34. The summed E-state index contributed by atoms with van der Waals surface area (Å²) in [6.07, 6.45) is 0.688. The maximum atomic E-state index is 13.4. The Hall–Kier alpha value is -1.85. The molecule has 1 aliphatic rings. The first-order valence-corrected chi connectivity index (χ1v) is 11.8. The number of carbonyl (C=O) groups excluding carboxylic acids is 1. The highest BCUT2D eigenvalue weighted by Gasteiger charge is 2.31. The second kappa shape index (κ2) is 8.83. The van der Waals surface area contributed by atoms with Gasteiger partial charge in [0.15, 0.2) is 5.15 Å². The number of nitrogens with zero attached hydrogens (tertiary/aromatic N) is 5. The van der Waals surface area contributed by atoms with Gasteiger partial charge in [-0.25, -0.2) is 14.8 Å². The van der Waals surface area contributed by atoms with E-state index in [4.69, 9.17) is 39.6 Å². The van der Waals surface area contributed by atoms with Crippen LogP contribution in [0.5, 0.6) is 0 Å². The van der Waals surface area contributed by atoms with Crippen molar-refractivity contribution < 1.29 is 9.63 Å². The van der Waals surface area contributed by atoms with Gasteiger partial charge in [-0.15, -0.1) is 11.3 Å². The monoisotopic (exact) mass is 519 g/mol. The lowest BCUT2D eigenvalue weighted by Gasteiger charge is -2.15. The fourth-order valence-corrected chi connectivity index (χ4v) is 5.58. The number of aromatic nitrogens is 4. The van der Waals surface area contributed by atoms with Crippen LogP contribution in [0.1, 0.15) is 35.5 Å². The van der Waals surface area contributed by atoms with Gasteiger partial charge in [0.05, 0.1) is 30.6 Å². The molecule has 4 rings (SSSR count). The van der Waals surface area contributed by atoms with Crippen molar-refractivity contribution in [3.05, 3.63) is 46.9 Å². The normalized spacial score (nSPS) is 14.3. The quantitative estimate of drug-likeness (QED) is 0.514. The van der Waals surface area contributed by atoms with Crippen molar-refractivity contribution in [2.24, 2.45) is 13.0 Å². The van der Waals surface area contributed by atoms with Gasteiger partial charge >= 0.3 is 5.69 Å².